The van der Waals surface area contributed by atoms with Crippen LogP contribution in [0.15, 0.2) is 18.2 Å². The number of nitrogens with zero attached hydrogens (tertiary/aromatic N) is 1. The average Bonchev–Trinajstić information content (AvgIpc) is 2.35. The molecule has 0 aliphatic carbocycles. The maximum absolute atomic E-state index is 13.0. The van der Waals surface area contributed by atoms with Gasteiger partial charge in [0.05, 0.1) is 6.61 Å². The molecular weight excluding hydrogens is 266 g/mol. The molecule has 0 aliphatic rings. The Morgan fingerprint density at radius 1 is 1.20 bits per heavy atom. The van der Waals surface area contributed by atoms with Crippen molar-refractivity contribution in [3.63, 3.8) is 0 Å². The van der Waals surface area contributed by atoms with Gasteiger partial charge < -0.3 is 15.3 Å². The number of carbonyl (C=O) groups excluding carboxylic acids is 1. The van der Waals surface area contributed by atoms with E-state index >= 15 is 0 Å². The number of hydrogen-bond acceptors (Lipinski definition) is 3. The molecule has 6 heteroatoms. The van der Waals surface area contributed by atoms with Crippen molar-refractivity contribution < 1.29 is 18.7 Å². The number of aliphatic hydroxyl groups excluding tert-OH is 1. The standard InChI is InChI=1S/C14H20F2N2O2/c1-2-4-18(6-7-19)5-3-14(20)17-13-9-11(15)8-12(16)10-13/h8-10,19H,2-7H2,1H3,(H,17,20). The number of anilines is 1. The van der Waals surface area contributed by atoms with Gasteiger partial charge in [-0.2, -0.15) is 0 Å². The van der Waals surface area contributed by atoms with Crippen LogP contribution in [-0.4, -0.2) is 42.2 Å². The molecule has 2 N–H and O–H groups in total. The zero-order chi connectivity index (χ0) is 15.0. The molecule has 0 radical (unpaired) electrons. The van der Waals surface area contributed by atoms with Crippen LogP contribution in [0.1, 0.15) is 19.8 Å². The van der Waals surface area contributed by atoms with E-state index in [1.54, 1.807) is 0 Å². The lowest BCUT2D eigenvalue weighted by atomic mass is 10.2. The number of benzene rings is 1. The summed E-state index contributed by atoms with van der Waals surface area (Å²) in [6.07, 6.45) is 1.13. The third-order valence-corrected chi connectivity index (χ3v) is 2.76. The third kappa shape index (κ3) is 6.08. The Labute approximate surface area is 117 Å². The Morgan fingerprint density at radius 3 is 2.40 bits per heavy atom. The molecule has 1 rings (SSSR count). The van der Waals surface area contributed by atoms with Gasteiger partial charge in [0.25, 0.3) is 0 Å². The molecule has 0 atom stereocenters. The highest BCUT2D eigenvalue weighted by Crippen LogP contribution is 2.13. The van der Waals surface area contributed by atoms with E-state index in [1.807, 2.05) is 11.8 Å². The van der Waals surface area contributed by atoms with Crippen molar-refractivity contribution in [1.82, 2.24) is 4.90 Å². The minimum atomic E-state index is -0.729. The van der Waals surface area contributed by atoms with Crippen LogP contribution >= 0.6 is 0 Å². The maximum atomic E-state index is 13.0. The van der Waals surface area contributed by atoms with E-state index in [4.69, 9.17) is 5.11 Å². The molecular formula is C14H20F2N2O2. The van der Waals surface area contributed by atoms with Crippen LogP contribution in [0.4, 0.5) is 14.5 Å². The first-order valence-corrected chi connectivity index (χ1v) is 6.64. The van der Waals surface area contributed by atoms with Crippen LogP contribution in [-0.2, 0) is 4.79 Å². The topological polar surface area (TPSA) is 52.6 Å². The van der Waals surface area contributed by atoms with E-state index in [-0.39, 0.29) is 24.6 Å². The highest BCUT2D eigenvalue weighted by Gasteiger charge is 2.09. The molecule has 0 saturated heterocycles. The Hall–Kier alpha value is -1.53. The second-order valence-electron chi connectivity index (χ2n) is 4.52. The second-order valence-corrected chi connectivity index (χ2v) is 4.52. The van der Waals surface area contributed by atoms with Gasteiger partial charge in [0, 0.05) is 31.3 Å². The summed E-state index contributed by atoms with van der Waals surface area (Å²) in [4.78, 5) is 13.7. The molecule has 0 saturated carbocycles. The van der Waals surface area contributed by atoms with Gasteiger partial charge in [0.2, 0.25) is 5.91 Å². The number of nitrogens with one attached hydrogen (secondary N) is 1. The number of halogens is 2. The summed E-state index contributed by atoms with van der Waals surface area (Å²) in [5.74, 6) is -1.77. The molecule has 112 valence electrons. The van der Waals surface area contributed by atoms with Crippen LogP contribution in [0.3, 0.4) is 0 Å². The van der Waals surface area contributed by atoms with Gasteiger partial charge in [0.1, 0.15) is 11.6 Å². The minimum Gasteiger partial charge on any atom is -0.395 e. The summed E-state index contributed by atoms with van der Waals surface area (Å²) in [5.41, 5.74) is 0.108. The molecule has 1 aromatic carbocycles. The highest BCUT2D eigenvalue weighted by molar-refractivity contribution is 5.90. The lowest BCUT2D eigenvalue weighted by Crippen LogP contribution is -2.31. The predicted molar refractivity (Wildman–Crippen MR) is 73.4 cm³/mol. The predicted octanol–water partition coefficient (Wildman–Crippen LogP) is 2.00. The van der Waals surface area contributed by atoms with E-state index in [1.165, 1.54) is 0 Å². The van der Waals surface area contributed by atoms with E-state index in [0.29, 0.717) is 13.1 Å². The van der Waals surface area contributed by atoms with Crippen LogP contribution in [0.25, 0.3) is 0 Å². The molecule has 0 spiro atoms. The van der Waals surface area contributed by atoms with Gasteiger partial charge in [-0.25, -0.2) is 8.78 Å². The number of rotatable bonds is 8. The quantitative estimate of drug-likeness (QED) is 0.768. The third-order valence-electron chi connectivity index (χ3n) is 2.76. The first kappa shape index (κ1) is 16.5. The summed E-state index contributed by atoms with van der Waals surface area (Å²) in [6.45, 7) is 3.85. The number of hydrogen-bond donors (Lipinski definition) is 2. The van der Waals surface area contributed by atoms with E-state index in [9.17, 15) is 13.6 Å². The summed E-state index contributed by atoms with van der Waals surface area (Å²) in [6, 6.07) is 2.89. The molecule has 0 aromatic heterocycles. The second kappa shape index (κ2) is 8.60. The lowest BCUT2D eigenvalue weighted by molar-refractivity contribution is -0.116. The molecule has 1 amide bonds. The van der Waals surface area contributed by atoms with Crippen LogP contribution in [0.5, 0.6) is 0 Å². The van der Waals surface area contributed by atoms with E-state index < -0.39 is 11.6 Å². The largest absolute Gasteiger partial charge is 0.395 e. The normalized spacial score (nSPS) is 10.8. The van der Waals surface area contributed by atoms with Crippen molar-refractivity contribution in [3.8, 4) is 0 Å². The summed E-state index contributed by atoms with van der Waals surface area (Å²) in [7, 11) is 0. The van der Waals surface area contributed by atoms with Gasteiger partial charge in [-0.3, -0.25) is 4.79 Å². The Kier molecular flexibility index (Phi) is 7.11. The first-order valence-electron chi connectivity index (χ1n) is 6.64. The van der Waals surface area contributed by atoms with E-state index in [0.717, 1.165) is 31.2 Å². The van der Waals surface area contributed by atoms with Crippen molar-refractivity contribution in [3.05, 3.63) is 29.8 Å². The summed E-state index contributed by atoms with van der Waals surface area (Å²) >= 11 is 0. The van der Waals surface area contributed by atoms with Gasteiger partial charge in [0.15, 0.2) is 0 Å². The van der Waals surface area contributed by atoms with Crippen LogP contribution in [0.2, 0.25) is 0 Å². The molecule has 0 fully saturated rings. The van der Waals surface area contributed by atoms with Gasteiger partial charge >= 0.3 is 0 Å². The molecule has 20 heavy (non-hydrogen) atoms. The fraction of sp³-hybridized carbons (Fsp3) is 0.500. The molecule has 0 unspecified atom stereocenters. The van der Waals surface area contributed by atoms with Crippen molar-refractivity contribution in [2.75, 3.05) is 31.6 Å². The van der Waals surface area contributed by atoms with Gasteiger partial charge in [-0.15, -0.1) is 0 Å². The first-order chi connectivity index (χ1) is 9.55. The molecule has 0 heterocycles. The SMILES string of the molecule is CCCN(CCO)CCC(=O)Nc1cc(F)cc(F)c1. The number of aliphatic hydroxyl groups is 1. The van der Waals surface area contributed by atoms with Crippen molar-refractivity contribution >= 4 is 11.6 Å². The van der Waals surface area contributed by atoms with E-state index in [2.05, 4.69) is 5.32 Å². The highest BCUT2D eigenvalue weighted by atomic mass is 19.1. The Balaban J connectivity index is 2.46. The van der Waals surface area contributed by atoms with Crippen molar-refractivity contribution in [2.24, 2.45) is 0 Å². The number of carbonyl (C=O) groups is 1. The van der Waals surface area contributed by atoms with Crippen molar-refractivity contribution in [2.45, 2.75) is 19.8 Å². The maximum Gasteiger partial charge on any atom is 0.225 e. The fourth-order valence-electron chi connectivity index (χ4n) is 1.90. The fourth-order valence-corrected chi connectivity index (χ4v) is 1.90. The average molecular weight is 286 g/mol. The van der Waals surface area contributed by atoms with Gasteiger partial charge in [-0.05, 0) is 25.1 Å². The molecule has 0 aliphatic heterocycles. The van der Waals surface area contributed by atoms with Crippen molar-refractivity contribution in [1.29, 1.82) is 0 Å². The molecule has 0 bridgehead atoms. The van der Waals surface area contributed by atoms with Crippen LogP contribution < -0.4 is 5.32 Å². The minimum absolute atomic E-state index is 0.0384. The molecule has 1 aromatic rings. The zero-order valence-electron chi connectivity index (χ0n) is 11.5. The Morgan fingerprint density at radius 2 is 1.85 bits per heavy atom. The monoisotopic (exact) mass is 286 g/mol. The summed E-state index contributed by atoms with van der Waals surface area (Å²) in [5, 5.41) is 11.4. The number of amides is 1. The summed E-state index contributed by atoms with van der Waals surface area (Å²) < 4.78 is 25.9. The van der Waals surface area contributed by atoms with Crippen LogP contribution in [0, 0.1) is 11.6 Å². The smallest absolute Gasteiger partial charge is 0.225 e. The molecule has 4 nitrogen and oxygen atoms in total. The van der Waals surface area contributed by atoms with Gasteiger partial charge in [-0.1, -0.05) is 6.92 Å². The lowest BCUT2D eigenvalue weighted by Gasteiger charge is -2.19. The Bertz CT molecular complexity index is 415. The zero-order valence-corrected chi connectivity index (χ0v) is 11.5.